The van der Waals surface area contributed by atoms with Crippen molar-refractivity contribution in [3.05, 3.63) is 54.1 Å². The lowest BCUT2D eigenvalue weighted by Gasteiger charge is -2.36. The van der Waals surface area contributed by atoms with Crippen LogP contribution in [0.4, 0.5) is 5.69 Å². The number of piperazine rings is 1. The molecule has 3 rings (SSSR count). The average molecular weight is 298 g/mol. The molecule has 0 amide bonds. The van der Waals surface area contributed by atoms with E-state index in [-0.39, 0.29) is 0 Å². The summed E-state index contributed by atoms with van der Waals surface area (Å²) in [6, 6.07) is 15.8. The lowest BCUT2D eigenvalue weighted by Crippen LogP contribution is -2.45. The third-order valence-electron chi connectivity index (χ3n) is 4.13. The Morgan fingerprint density at radius 3 is 2.36 bits per heavy atom. The Bertz CT molecular complexity index is 605. The zero-order valence-electron chi connectivity index (χ0n) is 12.9. The lowest BCUT2D eigenvalue weighted by molar-refractivity contribution is 0.249. The van der Waals surface area contributed by atoms with E-state index in [0.717, 1.165) is 44.0 Å². The number of hydrogen-bond donors (Lipinski definition) is 1. The smallest absolute Gasteiger partial charge is 0.119 e. The average Bonchev–Trinajstić information content (AvgIpc) is 2.56. The number of phenolic OH excluding ortho intramolecular Hbond substituents is 1. The molecule has 0 spiro atoms. The zero-order chi connectivity index (χ0) is 15.4. The summed E-state index contributed by atoms with van der Waals surface area (Å²) in [6.45, 7) is 4.99. The molecule has 1 aliphatic rings. The molecule has 0 bridgehead atoms. The van der Waals surface area contributed by atoms with Gasteiger partial charge in [-0.2, -0.15) is 0 Å². The van der Waals surface area contributed by atoms with Gasteiger partial charge in [0.25, 0.3) is 0 Å². The van der Waals surface area contributed by atoms with Crippen molar-refractivity contribution in [2.45, 2.75) is 6.54 Å². The van der Waals surface area contributed by atoms with E-state index in [0.29, 0.717) is 5.75 Å². The largest absolute Gasteiger partial charge is 0.508 e. The first-order chi connectivity index (χ1) is 10.7. The SMILES string of the molecule is COc1ccc(N2CCN(Cc3cccc(O)c3)CC2)cc1. The van der Waals surface area contributed by atoms with Crippen LogP contribution in [-0.2, 0) is 6.54 Å². The molecular weight excluding hydrogens is 276 g/mol. The fraction of sp³-hybridized carbons (Fsp3) is 0.333. The van der Waals surface area contributed by atoms with Crippen LogP contribution in [0.1, 0.15) is 5.56 Å². The van der Waals surface area contributed by atoms with Crippen LogP contribution in [0.25, 0.3) is 0 Å². The van der Waals surface area contributed by atoms with Crippen molar-refractivity contribution in [2.75, 3.05) is 38.2 Å². The van der Waals surface area contributed by atoms with E-state index in [1.807, 2.05) is 24.3 Å². The first-order valence-corrected chi connectivity index (χ1v) is 7.64. The summed E-state index contributed by atoms with van der Waals surface area (Å²) in [7, 11) is 1.69. The normalized spacial score (nSPS) is 15.8. The van der Waals surface area contributed by atoms with Crippen molar-refractivity contribution in [2.24, 2.45) is 0 Å². The molecule has 22 heavy (non-hydrogen) atoms. The maximum Gasteiger partial charge on any atom is 0.119 e. The summed E-state index contributed by atoms with van der Waals surface area (Å²) in [5, 5.41) is 9.54. The fourth-order valence-corrected chi connectivity index (χ4v) is 2.87. The van der Waals surface area contributed by atoms with Gasteiger partial charge in [0.1, 0.15) is 11.5 Å². The molecule has 0 aromatic heterocycles. The van der Waals surface area contributed by atoms with Crippen LogP contribution in [0.5, 0.6) is 11.5 Å². The van der Waals surface area contributed by atoms with E-state index >= 15 is 0 Å². The van der Waals surface area contributed by atoms with Crippen molar-refractivity contribution in [1.29, 1.82) is 0 Å². The number of anilines is 1. The Hall–Kier alpha value is -2.20. The number of ether oxygens (including phenoxy) is 1. The molecule has 0 atom stereocenters. The predicted octanol–water partition coefficient (Wildman–Crippen LogP) is 2.72. The van der Waals surface area contributed by atoms with Crippen molar-refractivity contribution < 1.29 is 9.84 Å². The first-order valence-electron chi connectivity index (χ1n) is 7.64. The minimum absolute atomic E-state index is 0.342. The number of benzene rings is 2. The Balaban J connectivity index is 1.55. The van der Waals surface area contributed by atoms with Crippen molar-refractivity contribution >= 4 is 5.69 Å². The maximum atomic E-state index is 9.54. The molecule has 4 nitrogen and oxygen atoms in total. The van der Waals surface area contributed by atoms with Crippen LogP contribution in [0, 0.1) is 0 Å². The molecule has 4 heteroatoms. The molecule has 1 fully saturated rings. The Morgan fingerprint density at radius 1 is 1.00 bits per heavy atom. The van der Waals surface area contributed by atoms with Crippen LogP contribution in [-0.4, -0.2) is 43.3 Å². The second-order valence-electron chi connectivity index (χ2n) is 5.63. The van der Waals surface area contributed by atoms with Gasteiger partial charge in [-0.05, 0) is 42.0 Å². The molecular formula is C18H22N2O2. The van der Waals surface area contributed by atoms with Crippen LogP contribution >= 0.6 is 0 Å². The van der Waals surface area contributed by atoms with E-state index in [1.54, 1.807) is 13.2 Å². The van der Waals surface area contributed by atoms with Gasteiger partial charge in [0, 0.05) is 38.4 Å². The van der Waals surface area contributed by atoms with Gasteiger partial charge >= 0.3 is 0 Å². The maximum absolute atomic E-state index is 9.54. The van der Waals surface area contributed by atoms with Gasteiger partial charge in [-0.25, -0.2) is 0 Å². The van der Waals surface area contributed by atoms with Gasteiger partial charge in [0.15, 0.2) is 0 Å². The second-order valence-corrected chi connectivity index (χ2v) is 5.63. The van der Waals surface area contributed by atoms with E-state index < -0.39 is 0 Å². The van der Waals surface area contributed by atoms with Gasteiger partial charge in [-0.15, -0.1) is 0 Å². The molecule has 2 aromatic rings. The molecule has 1 aliphatic heterocycles. The van der Waals surface area contributed by atoms with Gasteiger partial charge in [-0.3, -0.25) is 4.90 Å². The number of hydrogen-bond acceptors (Lipinski definition) is 4. The van der Waals surface area contributed by atoms with E-state index in [1.165, 1.54) is 5.69 Å². The predicted molar refractivity (Wildman–Crippen MR) is 88.6 cm³/mol. The minimum atomic E-state index is 0.342. The highest BCUT2D eigenvalue weighted by atomic mass is 16.5. The summed E-state index contributed by atoms with van der Waals surface area (Å²) in [6.07, 6.45) is 0. The molecule has 1 N–H and O–H groups in total. The van der Waals surface area contributed by atoms with Crippen molar-refractivity contribution in [1.82, 2.24) is 4.90 Å². The molecule has 1 saturated heterocycles. The molecule has 0 radical (unpaired) electrons. The second kappa shape index (κ2) is 6.71. The monoisotopic (exact) mass is 298 g/mol. The number of methoxy groups -OCH3 is 1. The van der Waals surface area contributed by atoms with E-state index in [2.05, 4.69) is 28.0 Å². The summed E-state index contributed by atoms with van der Waals surface area (Å²) in [5.74, 6) is 1.24. The molecule has 116 valence electrons. The quantitative estimate of drug-likeness (QED) is 0.941. The Morgan fingerprint density at radius 2 is 1.73 bits per heavy atom. The number of rotatable bonds is 4. The molecule has 0 unspecified atom stereocenters. The van der Waals surface area contributed by atoms with E-state index in [9.17, 15) is 5.11 Å². The standard InChI is InChI=1S/C18H22N2O2/c1-22-18-7-5-16(6-8-18)20-11-9-19(10-12-20)14-15-3-2-4-17(21)13-15/h2-8,13,21H,9-12,14H2,1H3. The Labute approximate surface area is 131 Å². The third-order valence-corrected chi connectivity index (χ3v) is 4.13. The van der Waals surface area contributed by atoms with E-state index in [4.69, 9.17) is 4.74 Å². The topological polar surface area (TPSA) is 35.9 Å². The first kappa shape index (κ1) is 14.7. The minimum Gasteiger partial charge on any atom is -0.508 e. The summed E-state index contributed by atoms with van der Waals surface area (Å²) >= 11 is 0. The fourth-order valence-electron chi connectivity index (χ4n) is 2.87. The summed E-state index contributed by atoms with van der Waals surface area (Å²) in [5.41, 5.74) is 2.41. The van der Waals surface area contributed by atoms with Gasteiger partial charge in [0.05, 0.1) is 7.11 Å². The van der Waals surface area contributed by atoms with Crippen LogP contribution in [0.15, 0.2) is 48.5 Å². The van der Waals surface area contributed by atoms with Crippen LogP contribution < -0.4 is 9.64 Å². The van der Waals surface area contributed by atoms with Gasteiger partial charge in [-0.1, -0.05) is 12.1 Å². The molecule has 0 aliphatic carbocycles. The Kier molecular flexibility index (Phi) is 4.49. The van der Waals surface area contributed by atoms with Gasteiger partial charge < -0.3 is 14.7 Å². The molecule has 1 heterocycles. The number of phenols is 1. The number of aromatic hydroxyl groups is 1. The third kappa shape index (κ3) is 3.52. The van der Waals surface area contributed by atoms with Crippen LogP contribution in [0.3, 0.4) is 0 Å². The van der Waals surface area contributed by atoms with Crippen LogP contribution in [0.2, 0.25) is 0 Å². The lowest BCUT2D eigenvalue weighted by atomic mass is 10.2. The van der Waals surface area contributed by atoms with Gasteiger partial charge in [0.2, 0.25) is 0 Å². The molecule has 0 saturated carbocycles. The molecule has 2 aromatic carbocycles. The highest BCUT2D eigenvalue weighted by molar-refractivity contribution is 5.49. The number of nitrogens with zero attached hydrogens (tertiary/aromatic N) is 2. The highest BCUT2D eigenvalue weighted by Gasteiger charge is 2.17. The zero-order valence-corrected chi connectivity index (χ0v) is 12.9. The van der Waals surface area contributed by atoms with Crippen molar-refractivity contribution in [3.63, 3.8) is 0 Å². The summed E-state index contributed by atoms with van der Waals surface area (Å²) < 4.78 is 5.20. The van der Waals surface area contributed by atoms with Crippen molar-refractivity contribution in [3.8, 4) is 11.5 Å². The highest BCUT2D eigenvalue weighted by Crippen LogP contribution is 2.21. The summed E-state index contributed by atoms with van der Waals surface area (Å²) in [4.78, 5) is 4.83.